The third-order valence-corrected chi connectivity index (χ3v) is 3.35. The van der Waals surface area contributed by atoms with Gasteiger partial charge >= 0.3 is 5.97 Å². The molecule has 0 aliphatic heterocycles. The van der Waals surface area contributed by atoms with E-state index in [4.69, 9.17) is 9.15 Å². The average molecular weight is 268 g/mol. The second kappa shape index (κ2) is 6.56. The van der Waals surface area contributed by atoms with Gasteiger partial charge in [-0.15, -0.1) is 0 Å². The van der Waals surface area contributed by atoms with Crippen molar-refractivity contribution in [3.05, 3.63) is 12.0 Å². The molecule has 106 valence electrons. The summed E-state index contributed by atoms with van der Waals surface area (Å²) in [6.45, 7) is 2.81. The van der Waals surface area contributed by atoms with Crippen LogP contribution in [0.15, 0.2) is 10.7 Å². The predicted molar refractivity (Wildman–Crippen MR) is 68.9 cm³/mol. The monoisotopic (exact) mass is 268 g/mol. The van der Waals surface area contributed by atoms with E-state index in [0.29, 0.717) is 18.5 Å². The Morgan fingerprint density at radius 3 is 2.95 bits per heavy atom. The standard InChI is InChI=1S/C13H20N2O4/c1-2-18-12(17)11-8-19-13(15-11)14-7-9-3-5-10(16)6-4-9/h8-10,16H,2-7H2,1H3,(H,14,15). The van der Waals surface area contributed by atoms with Crippen LogP contribution in [0.5, 0.6) is 0 Å². The van der Waals surface area contributed by atoms with Crippen LogP contribution >= 0.6 is 0 Å². The molecule has 0 bridgehead atoms. The van der Waals surface area contributed by atoms with Crippen molar-refractivity contribution < 1.29 is 19.1 Å². The molecule has 0 saturated heterocycles. The van der Waals surface area contributed by atoms with Crippen LogP contribution < -0.4 is 5.32 Å². The van der Waals surface area contributed by atoms with E-state index in [-0.39, 0.29) is 11.8 Å². The van der Waals surface area contributed by atoms with Gasteiger partial charge in [0.1, 0.15) is 6.26 Å². The third kappa shape index (κ3) is 3.96. The zero-order chi connectivity index (χ0) is 13.7. The fourth-order valence-electron chi connectivity index (χ4n) is 2.23. The van der Waals surface area contributed by atoms with Gasteiger partial charge in [-0.1, -0.05) is 0 Å². The molecular formula is C13H20N2O4. The molecule has 1 saturated carbocycles. The summed E-state index contributed by atoms with van der Waals surface area (Å²) < 4.78 is 10.0. The van der Waals surface area contributed by atoms with Gasteiger partial charge in [0.05, 0.1) is 12.7 Å². The Labute approximate surface area is 112 Å². The fraction of sp³-hybridized carbons (Fsp3) is 0.692. The number of aliphatic hydroxyl groups excluding tert-OH is 1. The molecule has 19 heavy (non-hydrogen) atoms. The summed E-state index contributed by atoms with van der Waals surface area (Å²) in [7, 11) is 0. The van der Waals surface area contributed by atoms with Gasteiger partial charge in [-0.05, 0) is 38.5 Å². The Morgan fingerprint density at radius 2 is 2.26 bits per heavy atom. The van der Waals surface area contributed by atoms with E-state index < -0.39 is 5.97 Å². The first-order chi connectivity index (χ1) is 9.19. The van der Waals surface area contributed by atoms with Gasteiger partial charge in [0.25, 0.3) is 6.01 Å². The van der Waals surface area contributed by atoms with Crippen LogP contribution in [0.25, 0.3) is 0 Å². The highest BCUT2D eigenvalue weighted by Crippen LogP contribution is 2.24. The Kier molecular flexibility index (Phi) is 4.79. The molecule has 2 rings (SSSR count). The maximum atomic E-state index is 11.4. The smallest absolute Gasteiger partial charge is 0.360 e. The highest BCUT2D eigenvalue weighted by Gasteiger charge is 2.20. The molecule has 0 amide bonds. The maximum Gasteiger partial charge on any atom is 0.360 e. The summed E-state index contributed by atoms with van der Waals surface area (Å²) in [5.41, 5.74) is 0.184. The number of aliphatic hydroxyl groups is 1. The largest absolute Gasteiger partial charge is 0.461 e. The van der Waals surface area contributed by atoms with Crippen molar-refractivity contribution in [3.63, 3.8) is 0 Å². The van der Waals surface area contributed by atoms with E-state index in [1.165, 1.54) is 6.26 Å². The van der Waals surface area contributed by atoms with Gasteiger partial charge in [-0.25, -0.2) is 4.79 Å². The summed E-state index contributed by atoms with van der Waals surface area (Å²) >= 11 is 0. The molecule has 6 nitrogen and oxygen atoms in total. The molecule has 1 aromatic heterocycles. The van der Waals surface area contributed by atoms with Gasteiger partial charge in [-0.2, -0.15) is 4.98 Å². The second-order valence-corrected chi connectivity index (χ2v) is 4.81. The third-order valence-electron chi connectivity index (χ3n) is 3.35. The van der Waals surface area contributed by atoms with Crippen molar-refractivity contribution in [1.82, 2.24) is 4.98 Å². The summed E-state index contributed by atoms with van der Waals surface area (Å²) in [4.78, 5) is 15.4. The number of rotatable bonds is 5. The first-order valence-corrected chi connectivity index (χ1v) is 6.73. The summed E-state index contributed by atoms with van der Waals surface area (Å²) in [5.74, 6) is 0.0430. The normalized spacial score (nSPS) is 23.1. The Hall–Kier alpha value is -1.56. The van der Waals surface area contributed by atoms with E-state index >= 15 is 0 Å². The number of hydrogen-bond acceptors (Lipinski definition) is 6. The quantitative estimate of drug-likeness (QED) is 0.792. The van der Waals surface area contributed by atoms with E-state index in [1.54, 1.807) is 6.92 Å². The molecular weight excluding hydrogens is 248 g/mol. The Bertz CT molecular complexity index is 411. The van der Waals surface area contributed by atoms with Crippen LogP contribution in [-0.2, 0) is 4.74 Å². The number of nitrogens with one attached hydrogen (secondary N) is 1. The molecule has 2 N–H and O–H groups in total. The van der Waals surface area contributed by atoms with Crippen molar-refractivity contribution in [2.75, 3.05) is 18.5 Å². The molecule has 0 spiro atoms. The van der Waals surface area contributed by atoms with Gasteiger partial charge in [-0.3, -0.25) is 0 Å². The van der Waals surface area contributed by atoms with Crippen LogP contribution in [0, 0.1) is 5.92 Å². The summed E-state index contributed by atoms with van der Waals surface area (Å²) in [5, 5.41) is 12.5. The number of esters is 1. The highest BCUT2D eigenvalue weighted by atomic mass is 16.5. The molecule has 1 fully saturated rings. The van der Waals surface area contributed by atoms with Gasteiger partial charge in [0, 0.05) is 6.54 Å². The number of carbonyl (C=O) groups is 1. The molecule has 0 radical (unpaired) electrons. The minimum Gasteiger partial charge on any atom is -0.461 e. The molecule has 0 atom stereocenters. The van der Waals surface area contributed by atoms with Crippen molar-refractivity contribution in [3.8, 4) is 0 Å². The van der Waals surface area contributed by atoms with Crippen LogP contribution in [0.1, 0.15) is 43.1 Å². The number of aromatic nitrogens is 1. The zero-order valence-electron chi connectivity index (χ0n) is 11.1. The van der Waals surface area contributed by atoms with Crippen LogP contribution in [0.3, 0.4) is 0 Å². The van der Waals surface area contributed by atoms with Crippen LogP contribution in [0.2, 0.25) is 0 Å². The molecule has 1 heterocycles. The molecule has 1 aromatic rings. The van der Waals surface area contributed by atoms with Gasteiger partial charge < -0.3 is 19.6 Å². The first kappa shape index (κ1) is 13.9. The maximum absolute atomic E-state index is 11.4. The number of carbonyl (C=O) groups excluding carboxylic acids is 1. The first-order valence-electron chi connectivity index (χ1n) is 6.73. The lowest BCUT2D eigenvalue weighted by molar-refractivity contribution is 0.0519. The van der Waals surface area contributed by atoms with Crippen molar-refractivity contribution in [2.45, 2.75) is 38.7 Å². The summed E-state index contributed by atoms with van der Waals surface area (Å²) in [6, 6.07) is 0.342. The zero-order valence-corrected chi connectivity index (χ0v) is 11.1. The van der Waals surface area contributed by atoms with Gasteiger partial charge in [0.2, 0.25) is 0 Å². The van der Waals surface area contributed by atoms with E-state index in [1.807, 2.05) is 0 Å². The second-order valence-electron chi connectivity index (χ2n) is 4.81. The number of nitrogens with zero attached hydrogens (tertiary/aromatic N) is 1. The fourth-order valence-corrected chi connectivity index (χ4v) is 2.23. The minimum atomic E-state index is -0.472. The van der Waals surface area contributed by atoms with E-state index in [9.17, 15) is 9.90 Å². The topological polar surface area (TPSA) is 84.6 Å². The Morgan fingerprint density at radius 1 is 1.53 bits per heavy atom. The van der Waals surface area contributed by atoms with Crippen molar-refractivity contribution in [1.29, 1.82) is 0 Å². The lowest BCUT2D eigenvalue weighted by Gasteiger charge is -2.25. The van der Waals surface area contributed by atoms with E-state index in [0.717, 1.165) is 32.2 Å². The molecule has 0 unspecified atom stereocenters. The number of anilines is 1. The average Bonchev–Trinajstić information content (AvgIpc) is 2.87. The van der Waals surface area contributed by atoms with Crippen molar-refractivity contribution in [2.24, 2.45) is 5.92 Å². The van der Waals surface area contributed by atoms with Crippen LogP contribution in [0.4, 0.5) is 6.01 Å². The van der Waals surface area contributed by atoms with Crippen LogP contribution in [-0.4, -0.2) is 35.3 Å². The van der Waals surface area contributed by atoms with Crippen molar-refractivity contribution >= 4 is 12.0 Å². The number of oxazole rings is 1. The summed E-state index contributed by atoms with van der Waals surface area (Å²) in [6.07, 6.45) is 4.86. The number of ether oxygens (including phenoxy) is 1. The van der Waals surface area contributed by atoms with Gasteiger partial charge in [0.15, 0.2) is 5.69 Å². The molecule has 0 aromatic carbocycles. The number of hydrogen-bond donors (Lipinski definition) is 2. The minimum absolute atomic E-state index is 0.145. The highest BCUT2D eigenvalue weighted by molar-refractivity contribution is 5.87. The molecule has 6 heteroatoms. The SMILES string of the molecule is CCOC(=O)c1coc(NCC2CCC(O)CC2)n1. The Balaban J connectivity index is 1.78. The van der Waals surface area contributed by atoms with E-state index in [2.05, 4.69) is 10.3 Å². The lowest BCUT2D eigenvalue weighted by Crippen LogP contribution is -2.23. The predicted octanol–water partition coefficient (Wildman–Crippen LogP) is 1.81. The molecule has 1 aliphatic carbocycles. The lowest BCUT2D eigenvalue weighted by atomic mass is 9.87. The molecule has 1 aliphatic rings.